The van der Waals surface area contributed by atoms with Crippen molar-refractivity contribution < 1.29 is 33.0 Å². The molecule has 3 aliphatic rings. The molecule has 0 bridgehead atoms. The number of allylic oxidation sites excluding steroid dienone is 2. The highest BCUT2D eigenvalue weighted by atomic mass is 16.5. The van der Waals surface area contributed by atoms with Crippen LogP contribution in [0, 0.1) is 28.6 Å². The van der Waals surface area contributed by atoms with Crippen molar-refractivity contribution >= 4 is 17.7 Å². The molecule has 7 nitrogen and oxygen atoms in total. The lowest BCUT2D eigenvalue weighted by Crippen LogP contribution is -2.60. The molecule has 5 rings (SSSR count). The molecule has 36 heavy (non-hydrogen) atoms. The second-order valence-electron chi connectivity index (χ2n) is 10.5. The van der Waals surface area contributed by atoms with Gasteiger partial charge in [-0.05, 0) is 54.4 Å². The first-order chi connectivity index (χ1) is 17.2. The molecule has 2 fully saturated rings. The Labute approximate surface area is 210 Å². The van der Waals surface area contributed by atoms with Crippen molar-refractivity contribution in [2.24, 2.45) is 28.6 Å². The van der Waals surface area contributed by atoms with Crippen molar-refractivity contribution in [2.75, 3.05) is 7.11 Å². The van der Waals surface area contributed by atoms with Crippen molar-refractivity contribution in [3.8, 4) is 0 Å². The highest BCUT2D eigenvalue weighted by Gasteiger charge is 2.65. The molecule has 7 heteroatoms. The number of esters is 2. The number of ether oxygens (including phenoxy) is 3. The minimum Gasteiger partial charge on any atom is -0.490 e. The van der Waals surface area contributed by atoms with Crippen LogP contribution in [0.4, 0.5) is 0 Å². The minimum absolute atomic E-state index is 0.0925. The van der Waals surface area contributed by atoms with E-state index in [1.165, 1.54) is 13.2 Å². The summed E-state index contributed by atoms with van der Waals surface area (Å²) in [6.07, 6.45) is 6.20. The van der Waals surface area contributed by atoms with Gasteiger partial charge in [-0.15, -0.1) is 0 Å². The lowest BCUT2D eigenvalue weighted by atomic mass is 9.44. The van der Waals surface area contributed by atoms with Crippen molar-refractivity contribution in [3.63, 3.8) is 0 Å². The summed E-state index contributed by atoms with van der Waals surface area (Å²) in [7, 11) is 1.33. The Morgan fingerprint density at radius 3 is 2.53 bits per heavy atom. The molecule has 0 amide bonds. The number of ketones is 1. The Bertz CT molecular complexity index is 1230. The van der Waals surface area contributed by atoms with E-state index in [9.17, 15) is 14.4 Å². The predicted octanol–water partition coefficient (Wildman–Crippen LogP) is 5.41. The number of Topliss-reactive ketones (excluding diaryl/α,β-unsaturated/α-hetero) is 1. The first-order valence-corrected chi connectivity index (χ1v) is 12.2. The van der Waals surface area contributed by atoms with E-state index < -0.39 is 34.6 Å². The van der Waals surface area contributed by atoms with Gasteiger partial charge in [0.1, 0.15) is 6.10 Å². The van der Waals surface area contributed by atoms with Crippen molar-refractivity contribution in [1.82, 2.24) is 0 Å². The fourth-order valence-electron chi connectivity index (χ4n) is 6.80. The molecule has 2 aromatic rings. The van der Waals surface area contributed by atoms with E-state index in [1.54, 1.807) is 42.9 Å². The van der Waals surface area contributed by atoms with Gasteiger partial charge in [0.15, 0.2) is 5.76 Å². The number of hydrogen-bond acceptors (Lipinski definition) is 7. The number of benzene rings is 1. The summed E-state index contributed by atoms with van der Waals surface area (Å²) in [5.74, 6) is -2.33. The molecular weight excluding hydrogens is 460 g/mol. The molecule has 0 N–H and O–H groups in total. The van der Waals surface area contributed by atoms with Gasteiger partial charge in [0.25, 0.3) is 0 Å². The highest BCUT2D eigenvalue weighted by molar-refractivity contribution is 6.03. The third-order valence-electron chi connectivity index (χ3n) is 8.51. The van der Waals surface area contributed by atoms with Crippen LogP contribution in [0.1, 0.15) is 55.1 Å². The number of carbonyl (C=O) groups excluding carboxylic acids is 3. The number of furan rings is 1. The molecule has 6 atom stereocenters. The SMILES string of the molecule is C=C1O[C@H](c2ccoc2)C[C@]2(C)[C@H]3C(=O)C(OC(=O)c4ccccc4)=C[C@@H](C(=O)OC)[C@]3(C)CC[C@@H]12. The summed E-state index contributed by atoms with van der Waals surface area (Å²) in [6, 6.07) is 10.3. The zero-order chi connectivity index (χ0) is 25.7. The molecule has 0 spiro atoms. The summed E-state index contributed by atoms with van der Waals surface area (Å²) >= 11 is 0. The lowest BCUT2D eigenvalue weighted by Gasteiger charge is -2.60. The molecule has 1 aromatic heterocycles. The maximum atomic E-state index is 14.2. The maximum Gasteiger partial charge on any atom is 0.343 e. The van der Waals surface area contributed by atoms with E-state index in [2.05, 4.69) is 13.5 Å². The molecule has 2 heterocycles. The van der Waals surface area contributed by atoms with E-state index in [1.807, 2.05) is 13.0 Å². The van der Waals surface area contributed by atoms with Crippen molar-refractivity contribution in [3.05, 3.63) is 84.2 Å². The molecular formula is C29H30O7. The van der Waals surface area contributed by atoms with E-state index in [-0.39, 0.29) is 23.6 Å². The Morgan fingerprint density at radius 2 is 1.86 bits per heavy atom. The zero-order valence-electron chi connectivity index (χ0n) is 20.7. The molecule has 1 saturated carbocycles. The van der Waals surface area contributed by atoms with Gasteiger partial charge in [-0.1, -0.05) is 38.6 Å². The van der Waals surface area contributed by atoms with Gasteiger partial charge in [-0.2, -0.15) is 0 Å². The summed E-state index contributed by atoms with van der Waals surface area (Å²) in [4.78, 5) is 40.1. The summed E-state index contributed by atoms with van der Waals surface area (Å²) in [5.41, 5.74) is -0.147. The quantitative estimate of drug-likeness (QED) is 0.530. The topological polar surface area (TPSA) is 92.0 Å². The second-order valence-corrected chi connectivity index (χ2v) is 10.5. The van der Waals surface area contributed by atoms with Crippen LogP contribution in [0.25, 0.3) is 0 Å². The molecule has 1 saturated heterocycles. The van der Waals surface area contributed by atoms with E-state index in [4.69, 9.17) is 18.6 Å². The van der Waals surface area contributed by atoms with Crippen LogP contribution in [0.5, 0.6) is 0 Å². The van der Waals surface area contributed by atoms with Crippen LogP contribution in [-0.2, 0) is 23.8 Å². The fourth-order valence-corrected chi connectivity index (χ4v) is 6.80. The lowest BCUT2D eigenvalue weighted by molar-refractivity contribution is -0.174. The molecule has 2 aliphatic carbocycles. The Balaban J connectivity index is 1.57. The molecule has 0 radical (unpaired) electrons. The van der Waals surface area contributed by atoms with Gasteiger partial charge in [-0.3, -0.25) is 9.59 Å². The maximum absolute atomic E-state index is 14.2. The molecule has 1 aliphatic heterocycles. The van der Waals surface area contributed by atoms with Crippen LogP contribution in [-0.4, -0.2) is 24.8 Å². The van der Waals surface area contributed by atoms with Crippen LogP contribution in [0.2, 0.25) is 0 Å². The third kappa shape index (κ3) is 3.69. The van der Waals surface area contributed by atoms with Crippen LogP contribution in [0.3, 0.4) is 0 Å². The zero-order valence-corrected chi connectivity index (χ0v) is 20.7. The first-order valence-electron chi connectivity index (χ1n) is 12.2. The van der Waals surface area contributed by atoms with Gasteiger partial charge in [0.2, 0.25) is 5.78 Å². The monoisotopic (exact) mass is 490 g/mol. The third-order valence-corrected chi connectivity index (χ3v) is 8.51. The standard InChI is InChI=1S/C29H30O7/c1-17-20-10-12-28(2)21(27(32)33-4)14-22(36-26(31)18-8-6-5-7-9-18)24(30)25(28)29(20,3)15-23(35-17)19-11-13-34-16-19/h5-9,11,13-14,16,20-21,23,25H,1,10,12,15H2,2-4H3/t20-,21-,23-,25-,28-,29-/m0/s1. The normalized spacial score (nSPS) is 33.5. The number of carbonyl (C=O) groups is 3. The van der Waals surface area contributed by atoms with Crippen LogP contribution >= 0.6 is 0 Å². The van der Waals surface area contributed by atoms with Crippen molar-refractivity contribution in [1.29, 1.82) is 0 Å². The number of fused-ring (bicyclic) bond motifs is 3. The average Bonchev–Trinajstić information content (AvgIpc) is 3.40. The van der Waals surface area contributed by atoms with Gasteiger partial charge >= 0.3 is 11.9 Å². The first kappa shape index (κ1) is 24.1. The Kier molecular flexibility index (Phi) is 5.89. The summed E-state index contributed by atoms with van der Waals surface area (Å²) in [6.45, 7) is 8.24. The minimum atomic E-state index is -0.745. The van der Waals surface area contributed by atoms with Gasteiger partial charge in [0, 0.05) is 17.4 Å². The van der Waals surface area contributed by atoms with E-state index >= 15 is 0 Å². The predicted molar refractivity (Wildman–Crippen MR) is 129 cm³/mol. The van der Waals surface area contributed by atoms with E-state index in [0.29, 0.717) is 30.6 Å². The number of hydrogen-bond donors (Lipinski definition) is 0. The average molecular weight is 491 g/mol. The van der Waals surface area contributed by atoms with Crippen LogP contribution in [0.15, 0.2) is 77.5 Å². The Hall–Kier alpha value is -3.61. The van der Waals surface area contributed by atoms with E-state index in [0.717, 1.165) is 5.56 Å². The van der Waals surface area contributed by atoms with Crippen molar-refractivity contribution in [2.45, 2.75) is 39.2 Å². The molecule has 0 unspecified atom stereocenters. The largest absolute Gasteiger partial charge is 0.490 e. The summed E-state index contributed by atoms with van der Waals surface area (Å²) < 4.78 is 22.3. The Morgan fingerprint density at radius 1 is 1.11 bits per heavy atom. The second kappa shape index (κ2) is 8.80. The van der Waals surface area contributed by atoms with Gasteiger partial charge < -0.3 is 18.6 Å². The van der Waals surface area contributed by atoms with Gasteiger partial charge in [-0.25, -0.2) is 4.79 Å². The highest BCUT2D eigenvalue weighted by Crippen LogP contribution is 2.66. The number of methoxy groups -OCH3 is 1. The van der Waals surface area contributed by atoms with Gasteiger partial charge in [0.05, 0.1) is 36.9 Å². The number of rotatable bonds is 4. The molecule has 188 valence electrons. The molecule has 1 aromatic carbocycles. The summed E-state index contributed by atoms with van der Waals surface area (Å²) in [5, 5.41) is 0. The van der Waals surface area contributed by atoms with Crippen LogP contribution < -0.4 is 0 Å². The smallest absolute Gasteiger partial charge is 0.343 e. The fraction of sp³-hybridized carbons (Fsp3) is 0.414.